The van der Waals surface area contributed by atoms with Gasteiger partial charge in [-0.3, -0.25) is 9.59 Å². The number of carbonyl (C=O) groups excluding carboxylic acids is 2. The zero-order valence-electron chi connectivity index (χ0n) is 20.4. The number of hydrogen-bond donors (Lipinski definition) is 1. The van der Waals surface area contributed by atoms with Crippen molar-refractivity contribution in [2.45, 2.75) is 25.4 Å². The van der Waals surface area contributed by atoms with Crippen molar-refractivity contribution in [2.75, 3.05) is 7.11 Å². The molecule has 5 nitrogen and oxygen atoms in total. The van der Waals surface area contributed by atoms with Crippen molar-refractivity contribution in [2.24, 2.45) is 11.3 Å². The summed E-state index contributed by atoms with van der Waals surface area (Å²) in [5.41, 5.74) is -2.09. The highest BCUT2D eigenvalue weighted by Gasteiger charge is 2.62. The third-order valence-corrected chi connectivity index (χ3v) is 7.69. The molecule has 0 saturated carbocycles. The maximum atomic E-state index is 14.7. The second-order valence-corrected chi connectivity index (χ2v) is 10.1. The normalized spacial score (nSPS) is 19.2. The number of hydrogen-bond acceptors (Lipinski definition) is 5. The number of amides is 1. The van der Waals surface area contributed by atoms with E-state index in [1.165, 1.54) is 13.2 Å². The summed E-state index contributed by atoms with van der Waals surface area (Å²) in [4.78, 5) is 25.3. The first-order valence-corrected chi connectivity index (χ1v) is 12.5. The average Bonchev–Trinajstić information content (AvgIpc) is 3.39. The highest BCUT2D eigenvalue weighted by molar-refractivity contribution is 7.16. The van der Waals surface area contributed by atoms with Crippen LogP contribution in [-0.2, 0) is 27.2 Å². The number of alkyl halides is 3. The highest BCUT2D eigenvalue weighted by Crippen LogP contribution is 2.51. The summed E-state index contributed by atoms with van der Waals surface area (Å²) < 4.78 is 76.5. The number of methoxy groups -OCH3 is 1. The summed E-state index contributed by atoms with van der Waals surface area (Å²) >= 11 is 1.12. The Balaban J connectivity index is 1.74. The van der Waals surface area contributed by atoms with Crippen molar-refractivity contribution < 1.29 is 36.3 Å². The number of halogens is 5. The summed E-state index contributed by atoms with van der Waals surface area (Å²) in [5.74, 6) is -5.90. The van der Waals surface area contributed by atoms with Gasteiger partial charge in [0, 0.05) is 17.4 Å². The van der Waals surface area contributed by atoms with E-state index in [-0.39, 0.29) is 18.1 Å². The van der Waals surface area contributed by atoms with E-state index in [0.29, 0.717) is 22.2 Å². The lowest BCUT2D eigenvalue weighted by Gasteiger charge is -2.39. The molecule has 2 unspecified atom stereocenters. The van der Waals surface area contributed by atoms with Gasteiger partial charge in [-0.1, -0.05) is 30.3 Å². The SMILES string of the molecule is COC(=O)CCc1cccc(-c2ccc(C3=CC(Cc4ccc(F)cc4F)(C(F)(F)F)C(C#N)C(=O)N3)s2)c1. The molecule has 0 radical (unpaired) electrons. The van der Waals surface area contributed by atoms with E-state index in [1.54, 1.807) is 24.3 Å². The van der Waals surface area contributed by atoms with Gasteiger partial charge < -0.3 is 10.1 Å². The van der Waals surface area contributed by atoms with Gasteiger partial charge in [0.05, 0.1) is 23.8 Å². The van der Waals surface area contributed by atoms with Crippen molar-refractivity contribution in [3.8, 4) is 16.5 Å². The van der Waals surface area contributed by atoms with Crippen LogP contribution in [-0.4, -0.2) is 25.2 Å². The Morgan fingerprint density at radius 1 is 1.13 bits per heavy atom. The van der Waals surface area contributed by atoms with Crippen LogP contribution in [0.5, 0.6) is 0 Å². The molecule has 2 aromatic carbocycles. The number of nitrogens with zero attached hydrogens (tertiary/aromatic N) is 1. The van der Waals surface area contributed by atoms with Crippen LogP contribution < -0.4 is 5.32 Å². The van der Waals surface area contributed by atoms with E-state index in [4.69, 9.17) is 0 Å². The quantitative estimate of drug-likeness (QED) is 0.276. The Labute approximate surface area is 224 Å². The van der Waals surface area contributed by atoms with Crippen molar-refractivity contribution in [3.05, 3.63) is 88.3 Å². The van der Waals surface area contributed by atoms with Crippen LogP contribution >= 0.6 is 11.3 Å². The van der Waals surface area contributed by atoms with Crippen LogP contribution in [0.2, 0.25) is 0 Å². The Morgan fingerprint density at radius 3 is 2.54 bits per heavy atom. The van der Waals surface area contributed by atoms with E-state index >= 15 is 0 Å². The summed E-state index contributed by atoms with van der Waals surface area (Å²) in [6.07, 6.45) is -4.82. The summed E-state index contributed by atoms with van der Waals surface area (Å²) in [7, 11) is 1.30. The van der Waals surface area contributed by atoms with Crippen LogP contribution in [0.25, 0.3) is 16.1 Å². The fraction of sp³-hybridized carbons (Fsp3) is 0.250. The van der Waals surface area contributed by atoms with Gasteiger partial charge in [-0.15, -0.1) is 11.3 Å². The van der Waals surface area contributed by atoms with Crippen LogP contribution in [0, 0.1) is 34.3 Å². The third kappa shape index (κ3) is 5.71. The number of carbonyl (C=O) groups is 2. The first kappa shape index (κ1) is 28.0. The lowest BCUT2D eigenvalue weighted by atomic mass is 9.68. The van der Waals surface area contributed by atoms with Crippen molar-refractivity contribution in [1.82, 2.24) is 5.32 Å². The molecule has 1 amide bonds. The molecule has 3 aromatic rings. The minimum Gasteiger partial charge on any atom is -0.469 e. The molecule has 0 bridgehead atoms. The zero-order chi connectivity index (χ0) is 28.4. The fourth-order valence-electron chi connectivity index (χ4n) is 4.47. The van der Waals surface area contributed by atoms with E-state index in [9.17, 15) is 36.8 Å². The monoisotopic (exact) mass is 560 g/mol. The molecule has 0 saturated heterocycles. The Hall–Kier alpha value is -4.04. The number of thiophene rings is 1. The number of benzene rings is 2. The molecule has 2 atom stereocenters. The fourth-order valence-corrected chi connectivity index (χ4v) is 5.44. The molecular formula is C28H21F5N2O3S. The van der Waals surface area contributed by atoms with Gasteiger partial charge in [0.15, 0.2) is 0 Å². The van der Waals surface area contributed by atoms with Crippen LogP contribution in [0.3, 0.4) is 0 Å². The second-order valence-electron chi connectivity index (χ2n) is 9.00. The molecule has 0 spiro atoms. The average molecular weight is 561 g/mol. The molecule has 39 heavy (non-hydrogen) atoms. The lowest BCUT2D eigenvalue weighted by molar-refractivity contribution is -0.218. The number of aryl methyl sites for hydroxylation is 1. The number of ether oxygens (including phenoxy) is 1. The number of allylic oxidation sites excluding steroid dienone is 1. The van der Waals surface area contributed by atoms with E-state index in [0.717, 1.165) is 40.7 Å². The smallest absolute Gasteiger partial charge is 0.400 e. The Morgan fingerprint density at radius 2 is 1.87 bits per heavy atom. The summed E-state index contributed by atoms with van der Waals surface area (Å²) in [6, 6.07) is 14.1. The number of esters is 1. The van der Waals surface area contributed by atoms with Crippen molar-refractivity contribution in [1.29, 1.82) is 5.26 Å². The Bertz CT molecular complexity index is 1490. The van der Waals surface area contributed by atoms with Gasteiger partial charge >= 0.3 is 12.1 Å². The molecule has 1 aliphatic heterocycles. The molecule has 11 heteroatoms. The highest BCUT2D eigenvalue weighted by atomic mass is 32.1. The third-order valence-electron chi connectivity index (χ3n) is 6.52. The maximum absolute atomic E-state index is 14.7. The predicted molar refractivity (Wildman–Crippen MR) is 134 cm³/mol. The molecule has 0 fully saturated rings. The predicted octanol–water partition coefficient (Wildman–Crippen LogP) is 6.20. The molecule has 0 aliphatic carbocycles. The van der Waals surface area contributed by atoms with Crippen LogP contribution in [0.4, 0.5) is 22.0 Å². The molecule has 2 heterocycles. The largest absolute Gasteiger partial charge is 0.469 e. The molecular weight excluding hydrogens is 539 g/mol. The number of nitriles is 1. The van der Waals surface area contributed by atoms with Crippen LogP contribution in [0.1, 0.15) is 22.4 Å². The van der Waals surface area contributed by atoms with Crippen molar-refractivity contribution >= 4 is 28.9 Å². The van der Waals surface area contributed by atoms with Crippen LogP contribution in [0.15, 0.2) is 60.7 Å². The lowest BCUT2D eigenvalue weighted by Crippen LogP contribution is -2.53. The first-order valence-electron chi connectivity index (χ1n) is 11.7. The standard InChI is InChI=1S/C28H21F5N2O3S/c1-38-25(36)10-5-16-3-2-4-17(11-16)23-8-9-24(39-23)22-14-27(28(31,32)33,20(15-34)26(37)35-22)13-18-6-7-19(29)12-21(18)30/h2-4,6-9,11-12,14,20H,5,10,13H2,1H3,(H,35,37). The van der Waals surface area contributed by atoms with E-state index in [1.807, 2.05) is 12.1 Å². The van der Waals surface area contributed by atoms with Crippen molar-refractivity contribution in [3.63, 3.8) is 0 Å². The van der Waals surface area contributed by atoms with Gasteiger partial charge in [-0.25, -0.2) is 8.78 Å². The summed E-state index contributed by atoms with van der Waals surface area (Å²) in [5, 5.41) is 12.0. The minimum atomic E-state index is -5.12. The van der Waals surface area contributed by atoms with Gasteiger partial charge in [0.25, 0.3) is 0 Å². The molecule has 1 aromatic heterocycles. The molecule has 202 valence electrons. The van der Waals surface area contributed by atoms with Gasteiger partial charge in [-0.2, -0.15) is 18.4 Å². The van der Waals surface area contributed by atoms with Gasteiger partial charge in [0.1, 0.15) is 23.0 Å². The topological polar surface area (TPSA) is 79.2 Å². The molecule has 4 rings (SSSR count). The molecule has 1 aliphatic rings. The van der Waals surface area contributed by atoms with E-state index < -0.39 is 47.0 Å². The van der Waals surface area contributed by atoms with Gasteiger partial charge in [-0.05, 0) is 53.8 Å². The summed E-state index contributed by atoms with van der Waals surface area (Å²) in [6.45, 7) is 0. The Kier molecular flexibility index (Phi) is 7.88. The minimum absolute atomic E-state index is 0.163. The maximum Gasteiger partial charge on any atom is 0.400 e. The van der Waals surface area contributed by atoms with E-state index in [2.05, 4.69) is 10.1 Å². The first-order chi connectivity index (χ1) is 18.5. The second kappa shape index (κ2) is 11.0. The number of rotatable bonds is 7. The number of nitrogens with one attached hydrogen (secondary N) is 1. The molecule has 1 N–H and O–H groups in total. The van der Waals surface area contributed by atoms with Gasteiger partial charge in [0.2, 0.25) is 5.91 Å². The zero-order valence-corrected chi connectivity index (χ0v) is 21.3.